The van der Waals surface area contributed by atoms with Crippen LogP contribution < -0.4 is 5.32 Å². The molecule has 5 nitrogen and oxygen atoms in total. The number of hydrogen-bond acceptors (Lipinski definition) is 4. The first kappa shape index (κ1) is 15.7. The first-order valence-electron chi connectivity index (χ1n) is 7.02. The predicted octanol–water partition coefficient (Wildman–Crippen LogP) is 2.45. The number of rotatable bonds is 7. The van der Waals surface area contributed by atoms with Crippen molar-refractivity contribution >= 4 is 17.3 Å². The number of amides is 1. The molecule has 114 valence electrons. The Kier molecular flexibility index (Phi) is 5.68. The van der Waals surface area contributed by atoms with Gasteiger partial charge in [-0.1, -0.05) is 6.08 Å². The van der Waals surface area contributed by atoms with E-state index < -0.39 is 0 Å². The SMILES string of the molecule is C=CCN(CCO)C(=O)c1ccc(Nc2ccncc2)cc1. The topological polar surface area (TPSA) is 65.5 Å². The Balaban J connectivity index is 2.07. The predicted molar refractivity (Wildman–Crippen MR) is 87.1 cm³/mol. The maximum Gasteiger partial charge on any atom is 0.254 e. The average Bonchev–Trinajstić information content (AvgIpc) is 2.56. The number of benzene rings is 1. The Labute approximate surface area is 129 Å². The molecular weight excluding hydrogens is 278 g/mol. The molecule has 0 aliphatic carbocycles. The van der Waals surface area contributed by atoms with Crippen LogP contribution in [0.4, 0.5) is 11.4 Å². The number of nitrogens with zero attached hydrogens (tertiary/aromatic N) is 2. The van der Waals surface area contributed by atoms with E-state index in [1.807, 2.05) is 24.3 Å². The fourth-order valence-electron chi connectivity index (χ4n) is 2.03. The number of carbonyl (C=O) groups is 1. The lowest BCUT2D eigenvalue weighted by atomic mass is 10.1. The monoisotopic (exact) mass is 297 g/mol. The second-order valence-corrected chi connectivity index (χ2v) is 4.70. The number of aromatic nitrogens is 1. The Morgan fingerprint density at radius 3 is 2.41 bits per heavy atom. The quantitative estimate of drug-likeness (QED) is 0.770. The van der Waals surface area contributed by atoms with E-state index in [-0.39, 0.29) is 12.5 Å². The molecule has 2 rings (SSSR count). The van der Waals surface area contributed by atoms with E-state index >= 15 is 0 Å². The number of aliphatic hydroxyl groups excluding tert-OH is 1. The van der Waals surface area contributed by atoms with Crippen molar-refractivity contribution < 1.29 is 9.90 Å². The first-order chi connectivity index (χ1) is 10.7. The summed E-state index contributed by atoms with van der Waals surface area (Å²) in [6, 6.07) is 11.0. The standard InChI is InChI=1S/C17H19N3O2/c1-2-11-20(12-13-21)17(22)14-3-5-15(6-4-14)19-16-7-9-18-10-8-16/h2-10,21H,1,11-13H2,(H,18,19). The molecule has 2 aromatic rings. The summed E-state index contributed by atoms with van der Waals surface area (Å²) in [5, 5.41) is 12.3. The third kappa shape index (κ3) is 4.17. The highest BCUT2D eigenvalue weighted by molar-refractivity contribution is 5.94. The van der Waals surface area contributed by atoms with Gasteiger partial charge in [-0.05, 0) is 36.4 Å². The Hall–Kier alpha value is -2.66. The largest absolute Gasteiger partial charge is 0.395 e. The highest BCUT2D eigenvalue weighted by atomic mass is 16.3. The normalized spacial score (nSPS) is 10.0. The summed E-state index contributed by atoms with van der Waals surface area (Å²) in [4.78, 5) is 17.8. The molecular formula is C17H19N3O2. The summed E-state index contributed by atoms with van der Waals surface area (Å²) in [5.41, 5.74) is 2.40. The molecule has 0 bridgehead atoms. The summed E-state index contributed by atoms with van der Waals surface area (Å²) in [7, 11) is 0. The van der Waals surface area contributed by atoms with Gasteiger partial charge < -0.3 is 15.3 Å². The molecule has 5 heteroatoms. The van der Waals surface area contributed by atoms with Crippen LogP contribution in [-0.4, -0.2) is 40.6 Å². The lowest BCUT2D eigenvalue weighted by Gasteiger charge is -2.20. The minimum atomic E-state index is -0.121. The summed E-state index contributed by atoms with van der Waals surface area (Å²) >= 11 is 0. The van der Waals surface area contributed by atoms with Gasteiger partial charge in [0.25, 0.3) is 5.91 Å². The zero-order valence-corrected chi connectivity index (χ0v) is 12.3. The van der Waals surface area contributed by atoms with E-state index in [4.69, 9.17) is 5.11 Å². The van der Waals surface area contributed by atoms with Gasteiger partial charge in [0.05, 0.1) is 6.61 Å². The minimum Gasteiger partial charge on any atom is -0.395 e. The lowest BCUT2D eigenvalue weighted by Crippen LogP contribution is -2.33. The van der Waals surface area contributed by atoms with Gasteiger partial charge >= 0.3 is 0 Å². The van der Waals surface area contributed by atoms with Crippen LogP contribution >= 0.6 is 0 Å². The van der Waals surface area contributed by atoms with Gasteiger partial charge in [-0.25, -0.2) is 0 Å². The molecule has 0 atom stereocenters. The molecule has 0 aliphatic rings. The Bertz CT molecular complexity index is 612. The lowest BCUT2D eigenvalue weighted by molar-refractivity contribution is 0.0743. The van der Waals surface area contributed by atoms with Gasteiger partial charge in [-0.15, -0.1) is 6.58 Å². The number of aliphatic hydroxyl groups is 1. The van der Waals surface area contributed by atoms with Crippen molar-refractivity contribution in [2.24, 2.45) is 0 Å². The minimum absolute atomic E-state index is 0.0682. The molecule has 0 radical (unpaired) electrons. The highest BCUT2D eigenvalue weighted by Crippen LogP contribution is 2.17. The van der Waals surface area contributed by atoms with E-state index in [0.717, 1.165) is 11.4 Å². The third-order valence-corrected chi connectivity index (χ3v) is 3.11. The smallest absolute Gasteiger partial charge is 0.254 e. The van der Waals surface area contributed by atoms with Crippen molar-refractivity contribution in [2.45, 2.75) is 0 Å². The van der Waals surface area contributed by atoms with Gasteiger partial charge in [0.1, 0.15) is 0 Å². The molecule has 0 saturated carbocycles. The molecule has 22 heavy (non-hydrogen) atoms. The summed E-state index contributed by atoms with van der Waals surface area (Å²) in [5.74, 6) is -0.121. The van der Waals surface area contributed by atoms with Crippen LogP contribution in [0.2, 0.25) is 0 Å². The van der Waals surface area contributed by atoms with Crippen molar-refractivity contribution in [1.82, 2.24) is 9.88 Å². The highest BCUT2D eigenvalue weighted by Gasteiger charge is 2.13. The second kappa shape index (κ2) is 7.95. The third-order valence-electron chi connectivity index (χ3n) is 3.11. The van der Waals surface area contributed by atoms with Crippen LogP contribution in [0.1, 0.15) is 10.4 Å². The molecule has 1 amide bonds. The van der Waals surface area contributed by atoms with Crippen molar-refractivity contribution in [3.05, 3.63) is 67.0 Å². The number of pyridine rings is 1. The Morgan fingerprint density at radius 1 is 1.18 bits per heavy atom. The van der Waals surface area contributed by atoms with E-state index in [2.05, 4.69) is 16.9 Å². The number of nitrogens with one attached hydrogen (secondary N) is 1. The molecule has 0 saturated heterocycles. The van der Waals surface area contributed by atoms with Crippen molar-refractivity contribution in [1.29, 1.82) is 0 Å². The fourth-order valence-corrected chi connectivity index (χ4v) is 2.03. The van der Waals surface area contributed by atoms with Gasteiger partial charge in [0, 0.05) is 42.4 Å². The summed E-state index contributed by atoms with van der Waals surface area (Å²) in [6.07, 6.45) is 5.07. The van der Waals surface area contributed by atoms with E-state index in [0.29, 0.717) is 18.7 Å². The van der Waals surface area contributed by atoms with Crippen molar-refractivity contribution in [2.75, 3.05) is 25.0 Å². The molecule has 1 aromatic heterocycles. The summed E-state index contributed by atoms with van der Waals surface area (Å²) < 4.78 is 0. The molecule has 0 unspecified atom stereocenters. The maximum absolute atomic E-state index is 12.3. The number of anilines is 2. The van der Waals surface area contributed by atoms with Gasteiger partial charge in [-0.3, -0.25) is 9.78 Å². The zero-order valence-electron chi connectivity index (χ0n) is 12.3. The number of carbonyl (C=O) groups excluding carboxylic acids is 1. The van der Waals surface area contributed by atoms with Gasteiger partial charge in [0.2, 0.25) is 0 Å². The van der Waals surface area contributed by atoms with Crippen LogP contribution in [0, 0.1) is 0 Å². The van der Waals surface area contributed by atoms with Crippen LogP contribution in [0.3, 0.4) is 0 Å². The van der Waals surface area contributed by atoms with Gasteiger partial charge in [-0.2, -0.15) is 0 Å². The summed E-state index contributed by atoms with van der Waals surface area (Å²) in [6.45, 7) is 4.27. The Morgan fingerprint density at radius 2 is 1.82 bits per heavy atom. The molecule has 2 N–H and O–H groups in total. The van der Waals surface area contributed by atoms with Crippen molar-refractivity contribution in [3.8, 4) is 0 Å². The van der Waals surface area contributed by atoms with Gasteiger partial charge in [0.15, 0.2) is 0 Å². The van der Waals surface area contributed by atoms with E-state index in [9.17, 15) is 4.79 Å². The van der Waals surface area contributed by atoms with Crippen molar-refractivity contribution in [3.63, 3.8) is 0 Å². The zero-order chi connectivity index (χ0) is 15.8. The molecule has 0 spiro atoms. The molecule has 0 aliphatic heterocycles. The van der Waals surface area contributed by atoms with Crippen LogP contribution in [0.15, 0.2) is 61.4 Å². The molecule has 1 heterocycles. The van der Waals surface area contributed by atoms with Crippen LogP contribution in [0.5, 0.6) is 0 Å². The van der Waals surface area contributed by atoms with E-state index in [1.54, 1.807) is 35.5 Å². The molecule has 1 aromatic carbocycles. The first-order valence-corrected chi connectivity index (χ1v) is 7.02. The molecule has 0 fully saturated rings. The second-order valence-electron chi connectivity index (χ2n) is 4.70. The van der Waals surface area contributed by atoms with E-state index in [1.165, 1.54) is 0 Å². The maximum atomic E-state index is 12.3. The average molecular weight is 297 g/mol. The van der Waals surface area contributed by atoms with Crippen LogP contribution in [-0.2, 0) is 0 Å². The number of hydrogen-bond donors (Lipinski definition) is 2. The van der Waals surface area contributed by atoms with Crippen LogP contribution in [0.25, 0.3) is 0 Å². The fraction of sp³-hybridized carbons (Fsp3) is 0.176.